The van der Waals surface area contributed by atoms with Gasteiger partial charge in [0.05, 0.1) is 10.0 Å². The second-order valence-electron chi connectivity index (χ2n) is 6.77. The number of piperidine rings is 1. The van der Waals surface area contributed by atoms with Crippen LogP contribution in [0.15, 0.2) is 54.6 Å². The Kier molecular flexibility index (Phi) is 7.78. The number of hydrogen-bond donors (Lipinski definition) is 1. The topological polar surface area (TPSA) is 41.6 Å². The van der Waals surface area contributed by atoms with Gasteiger partial charge in [0.2, 0.25) is 5.91 Å². The number of halogens is 2. The summed E-state index contributed by atoms with van der Waals surface area (Å²) in [6.45, 7) is 3.37. The molecule has 0 spiro atoms. The predicted molar refractivity (Wildman–Crippen MR) is 115 cm³/mol. The Bertz CT molecular complexity index is 803. The number of amides is 1. The van der Waals surface area contributed by atoms with Crippen molar-refractivity contribution in [1.29, 1.82) is 0 Å². The highest BCUT2D eigenvalue weighted by Gasteiger charge is 2.20. The van der Waals surface area contributed by atoms with Crippen LogP contribution in [0.25, 0.3) is 6.08 Å². The lowest BCUT2D eigenvalue weighted by atomic mass is 10.1. The van der Waals surface area contributed by atoms with Gasteiger partial charge in [0.25, 0.3) is 0 Å². The molecule has 1 saturated heterocycles. The molecule has 1 fully saturated rings. The van der Waals surface area contributed by atoms with E-state index in [9.17, 15) is 4.79 Å². The van der Waals surface area contributed by atoms with Gasteiger partial charge in [0, 0.05) is 38.3 Å². The summed E-state index contributed by atoms with van der Waals surface area (Å²) in [6, 6.07) is 15.1. The summed E-state index contributed by atoms with van der Waals surface area (Å²) in [4.78, 5) is 14.3. The van der Waals surface area contributed by atoms with E-state index in [1.54, 1.807) is 18.2 Å². The third-order valence-corrected chi connectivity index (χ3v) is 5.42. The minimum absolute atomic E-state index is 0.0679. The summed E-state index contributed by atoms with van der Waals surface area (Å²) in [6.07, 6.45) is 5.47. The molecule has 0 bridgehead atoms. The zero-order valence-corrected chi connectivity index (χ0v) is 17.1. The Hall–Kier alpha value is -2.01. The van der Waals surface area contributed by atoms with E-state index >= 15 is 0 Å². The van der Waals surface area contributed by atoms with Gasteiger partial charge in [-0.15, -0.1) is 0 Å². The van der Waals surface area contributed by atoms with Crippen molar-refractivity contribution < 1.29 is 9.53 Å². The normalized spacial score (nSPS) is 15.6. The van der Waals surface area contributed by atoms with E-state index < -0.39 is 0 Å². The van der Waals surface area contributed by atoms with E-state index in [1.165, 1.54) is 0 Å². The quantitative estimate of drug-likeness (QED) is 0.664. The molecule has 0 aliphatic carbocycles. The van der Waals surface area contributed by atoms with E-state index in [0.29, 0.717) is 16.6 Å². The van der Waals surface area contributed by atoms with E-state index in [0.717, 1.165) is 43.8 Å². The Morgan fingerprint density at radius 3 is 2.57 bits per heavy atom. The van der Waals surface area contributed by atoms with Gasteiger partial charge in [-0.25, -0.2) is 0 Å². The van der Waals surface area contributed by atoms with Crippen LogP contribution >= 0.6 is 23.2 Å². The fourth-order valence-electron chi connectivity index (χ4n) is 3.13. The maximum absolute atomic E-state index is 11.9. The van der Waals surface area contributed by atoms with Crippen LogP contribution in [-0.4, -0.2) is 43.1 Å². The third kappa shape index (κ3) is 6.55. The second-order valence-corrected chi connectivity index (χ2v) is 7.58. The maximum Gasteiger partial charge on any atom is 0.244 e. The van der Waals surface area contributed by atoms with Crippen molar-refractivity contribution in [3.05, 3.63) is 70.2 Å². The Morgan fingerprint density at radius 1 is 1.11 bits per heavy atom. The van der Waals surface area contributed by atoms with Crippen molar-refractivity contribution in [2.75, 3.05) is 26.2 Å². The van der Waals surface area contributed by atoms with E-state index in [1.807, 2.05) is 42.5 Å². The molecule has 0 aromatic heterocycles. The van der Waals surface area contributed by atoms with Crippen LogP contribution in [0.5, 0.6) is 5.75 Å². The average Bonchev–Trinajstić information content (AvgIpc) is 2.71. The number of nitrogens with one attached hydrogen (secondary N) is 1. The molecule has 6 heteroatoms. The molecule has 0 unspecified atom stereocenters. The highest BCUT2D eigenvalue weighted by Crippen LogP contribution is 2.28. The lowest BCUT2D eigenvalue weighted by Crippen LogP contribution is -2.42. The summed E-state index contributed by atoms with van der Waals surface area (Å²) in [5, 5.41) is 3.98. The van der Waals surface area contributed by atoms with Gasteiger partial charge in [-0.3, -0.25) is 4.79 Å². The molecule has 1 N–H and O–H groups in total. The van der Waals surface area contributed by atoms with Crippen LogP contribution in [0.1, 0.15) is 18.4 Å². The van der Waals surface area contributed by atoms with Crippen LogP contribution < -0.4 is 10.1 Å². The molecule has 1 aliphatic heterocycles. The summed E-state index contributed by atoms with van der Waals surface area (Å²) >= 11 is 12.0. The molecule has 1 amide bonds. The zero-order chi connectivity index (χ0) is 19.8. The molecular formula is C22H24Cl2N2O2. The molecule has 0 atom stereocenters. The lowest BCUT2D eigenvalue weighted by molar-refractivity contribution is -0.116. The minimum Gasteiger partial charge on any atom is -0.490 e. The van der Waals surface area contributed by atoms with E-state index in [-0.39, 0.29) is 12.0 Å². The Labute approximate surface area is 176 Å². The van der Waals surface area contributed by atoms with Crippen molar-refractivity contribution >= 4 is 35.2 Å². The summed E-state index contributed by atoms with van der Waals surface area (Å²) in [5.41, 5.74) is 1.02. The van der Waals surface area contributed by atoms with Crippen LogP contribution in [0.2, 0.25) is 10.0 Å². The summed E-state index contributed by atoms with van der Waals surface area (Å²) < 4.78 is 6.01. The van der Waals surface area contributed by atoms with E-state index in [4.69, 9.17) is 27.9 Å². The number of likely N-dealkylation sites (tertiary alicyclic amines) is 1. The fraction of sp³-hybridized carbons (Fsp3) is 0.318. The number of carbonyl (C=O) groups is 1. The van der Waals surface area contributed by atoms with Gasteiger partial charge in [0.15, 0.2) is 0 Å². The monoisotopic (exact) mass is 418 g/mol. The Balaban J connectivity index is 1.33. The van der Waals surface area contributed by atoms with Crippen LogP contribution in [0.4, 0.5) is 0 Å². The first-order chi connectivity index (χ1) is 13.6. The number of nitrogens with zero attached hydrogens (tertiary/aromatic N) is 1. The summed E-state index contributed by atoms with van der Waals surface area (Å²) in [5.74, 6) is 0.687. The first-order valence-electron chi connectivity index (χ1n) is 9.45. The van der Waals surface area contributed by atoms with Crippen molar-refractivity contribution in [2.45, 2.75) is 18.9 Å². The molecule has 0 radical (unpaired) electrons. The molecule has 1 heterocycles. The molecule has 1 aliphatic rings. The van der Waals surface area contributed by atoms with Gasteiger partial charge in [-0.05, 0) is 36.6 Å². The molecule has 28 heavy (non-hydrogen) atoms. The first-order valence-corrected chi connectivity index (χ1v) is 10.2. The number of benzene rings is 2. The molecule has 4 nitrogen and oxygen atoms in total. The standard InChI is InChI=1S/C22H24Cl2N2O2/c23-20-8-7-19(16-21(20)24)28-18-10-13-26(14-11-18)15-12-25-22(27)9-6-17-4-2-1-3-5-17/h1-9,16,18H,10-15H2,(H,25,27). The SMILES string of the molecule is O=C(C=Cc1ccccc1)NCCN1CCC(Oc2ccc(Cl)c(Cl)c2)CC1. The zero-order valence-electron chi connectivity index (χ0n) is 15.6. The molecule has 0 saturated carbocycles. The van der Waals surface area contributed by atoms with Gasteiger partial charge >= 0.3 is 0 Å². The number of ether oxygens (including phenoxy) is 1. The van der Waals surface area contributed by atoms with Crippen molar-refractivity contribution in [3.8, 4) is 5.75 Å². The molecule has 148 valence electrons. The van der Waals surface area contributed by atoms with Crippen molar-refractivity contribution in [1.82, 2.24) is 10.2 Å². The smallest absolute Gasteiger partial charge is 0.244 e. The van der Waals surface area contributed by atoms with E-state index in [2.05, 4.69) is 10.2 Å². The van der Waals surface area contributed by atoms with Crippen LogP contribution in [0, 0.1) is 0 Å². The highest BCUT2D eigenvalue weighted by atomic mass is 35.5. The minimum atomic E-state index is -0.0679. The molecule has 2 aromatic carbocycles. The largest absolute Gasteiger partial charge is 0.490 e. The van der Waals surface area contributed by atoms with Crippen molar-refractivity contribution in [2.24, 2.45) is 0 Å². The lowest BCUT2D eigenvalue weighted by Gasteiger charge is -2.32. The maximum atomic E-state index is 11.9. The number of hydrogen-bond acceptors (Lipinski definition) is 3. The fourth-order valence-corrected chi connectivity index (χ4v) is 3.41. The first kappa shape index (κ1) is 20.7. The predicted octanol–water partition coefficient (Wildman–Crippen LogP) is 4.67. The van der Waals surface area contributed by atoms with Crippen molar-refractivity contribution in [3.63, 3.8) is 0 Å². The molecular weight excluding hydrogens is 395 g/mol. The highest BCUT2D eigenvalue weighted by molar-refractivity contribution is 6.42. The molecule has 3 rings (SSSR count). The van der Waals surface area contributed by atoms with Crippen LogP contribution in [-0.2, 0) is 4.79 Å². The van der Waals surface area contributed by atoms with Gasteiger partial charge in [-0.2, -0.15) is 0 Å². The summed E-state index contributed by atoms with van der Waals surface area (Å²) in [7, 11) is 0. The number of carbonyl (C=O) groups excluding carboxylic acids is 1. The second kappa shape index (κ2) is 10.5. The number of rotatable bonds is 7. The van der Waals surface area contributed by atoms with Gasteiger partial charge in [-0.1, -0.05) is 53.5 Å². The average molecular weight is 419 g/mol. The van der Waals surface area contributed by atoms with Gasteiger partial charge in [0.1, 0.15) is 11.9 Å². The third-order valence-electron chi connectivity index (χ3n) is 4.68. The van der Waals surface area contributed by atoms with Crippen LogP contribution in [0.3, 0.4) is 0 Å². The molecule has 2 aromatic rings. The Morgan fingerprint density at radius 2 is 1.86 bits per heavy atom. The van der Waals surface area contributed by atoms with Gasteiger partial charge < -0.3 is 15.0 Å².